The van der Waals surface area contributed by atoms with Crippen molar-refractivity contribution in [3.63, 3.8) is 0 Å². The largest absolute Gasteiger partial charge is 0.331 e. The summed E-state index contributed by atoms with van der Waals surface area (Å²) in [6, 6.07) is 13.9. The van der Waals surface area contributed by atoms with Gasteiger partial charge in [-0.2, -0.15) is 0 Å². The van der Waals surface area contributed by atoms with Gasteiger partial charge in [-0.3, -0.25) is 14.4 Å². The topological polar surface area (TPSA) is 110 Å². The standard InChI is InChI=1S/C23H21N5O3/c1-28-14-13-24-22(28)21(30)15-9-11-16(12-10-15)25-20(29)8-4-7-19-26-18-6-3-2-5-17(18)23(31)27-19/h2-3,5-6,9-14H,4,7-8H2,1H3,(H,25,29)(H,26,27,31). The van der Waals surface area contributed by atoms with Crippen LogP contribution < -0.4 is 10.9 Å². The Morgan fingerprint density at radius 1 is 1.10 bits per heavy atom. The molecule has 0 unspecified atom stereocenters. The van der Waals surface area contributed by atoms with Crippen LogP contribution in [0.2, 0.25) is 0 Å². The van der Waals surface area contributed by atoms with E-state index in [2.05, 4.69) is 20.3 Å². The number of nitrogens with zero attached hydrogens (tertiary/aromatic N) is 3. The highest BCUT2D eigenvalue weighted by Gasteiger charge is 2.13. The van der Waals surface area contributed by atoms with Gasteiger partial charge in [-0.05, 0) is 42.8 Å². The van der Waals surface area contributed by atoms with Crippen LogP contribution in [0, 0.1) is 0 Å². The van der Waals surface area contributed by atoms with Gasteiger partial charge in [-0.1, -0.05) is 12.1 Å². The molecule has 156 valence electrons. The second-order valence-corrected chi connectivity index (χ2v) is 7.20. The first-order chi connectivity index (χ1) is 15.0. The number of para-hydroxylation sites is 1. The SMILES string of the molecule is Cn1ccnc1C(=O)c1ccc(NC(=O)CCCc2nc3ccccc3c(=O)[nH]2)cc1. The molecule has 0 fully saturated rings. The molecule has 0 radical (unpaired) electrons. The Balaban J connectivity index is 1.31. The van der Waals surface area contributed by atoms with Crippen LogP contribution in [0.1, 0.15) is 34.8 Å². The third-order valence-electron chi connectivity index (χ3n) is 4.93. The minimum absolute atomic E-state index is 0.147. The van der Waals surface area contributed by atoms with E-state index in [0.29, 0.717) is 46.6 Å². The van der Waals surface area contributed by atoms with E-state index in [1.165, 1.54) is 0 Å². The fourth-order valence-corrected chi connectivity index (χ4v) is 3.31. The first-order valence-electron chi connectivity index (χ1n) is 9.91. The van der Waals surface area contributed by atoms with E-state index >= 15 is 0 Å². The number of benzene rings is 2. The summed E-state index contributed by atoms with van der Waals surface area (Å²) in [6.07, 6.45) is 4.60. The van der Waals surface area contributed by atoms with Gasteiger partial charge < -0.3 is 14.9 Å². The number of rotatable bonds is 7. The van der Waals surface area contributed by atoms with Crippen molar-refractivity contribution in [2.75, 3.05) is 5.32 Å². The Hall–Kier alpha value is -4.07. The Kier molecular flexibility index (Phi) is 5.70. The van der Waals surface area contributed by atoms with Gasteiger partial charge >= 0.3 is 0 Å². The summed E-state index contributed by atoms with van der Waals surface area (Å²) in [7, 11) is 1.76. The lowest BCUT2D eigenvalue weighted by molar-refractivity contribution is -0.116. The van der Waals surface area contributed by atoms with Gasteiger partial charge in [0.05, 0.1) is 10.9 Å². The number of fused-ring (bicyclic) bond motifs is 1. The molecule has 0 aliphatic carbocycles. The predicted octanol–water partition coefficient (Wildman–Crippen LogP) is 2.85. The van der Waals surface area contributed by atoms with Crippen molar-refractivity contribution in [2.45, 2.75) is 19.3 Å². The lowest BCUT2D eigenvalue weighted by atomic mass is 10.1. The zero-order chi connectivity index (χ0) is 21.8. The van der Waals surface area contributed by atoms with Crippen LogP contribution in [-0.2, 0) is 18.3 Å². The van der Waals surface area contributed by atoms with Crippen molar-refractivity contribution in [3.05, 3.63) is 88.5 Å². The van der Waals surface area contributed by atoms with Gasteiger partial charge in [0, 0.05) is 43.5 Å². The van der Waals surface area contributed by atoms with Crippen molar-refractivity contribution in [3.8, 4) is 0 Å². The number of carbonyl (C=O) groups excluding carboxylic acids is 2. The third-order valence-corrected chi connectivity index (χ3v) is 4.93. The van der Waals surface area contributed by atoms with Crippen molar-refractivity contribution in [1.82, 2.24) is 19.5 Å². The van der Waals surface area contributed by atoms with Gasteiger partial charge in [0.1, 0.15) is 5.82 Å². The number of aromatic amines is 1. The summed E-state index contributed by atoms with van der Waals surface area (Å²) in [4.78, 5) is 48.1. The maximum Gasteiger partial charge on any atom is 0.258 e. The number of amides is 1. The normalized spacial score (nSPS) is 10.9. The van der Waals surface area contributed by atoms with Crippen LogP contribution in [0.15, 0.2) is 65.7 Å². The van der Waals surface area contributed by atoms with E-state index in [-0.39, 0.29) is 23.7 Å². The van der Waals surface area contributed by atoms with Gasteiger partial charge in [-0.15, -0.1) is 0 Å². The fraction of sp³-hybridized carbons (Fsp3) is 0.174. The summed E-state index contributed by atoms with van der Waals surface area (Å²) in [5.74, 6) is 0.597. The molecule has 0 saturated carbocycles. The minimum atomic E-state index is -0.178. The molecule has 4 rings (SSSR count). The van der Waals surface area contributed by atoms with Crippen LogP contribution >= 0.6 is 0 Å². The first-order valence-corrected chi connectivity index (χ1v) is 9.91. The molecule has 2 N–H and O–H groups in total. The number of anilines is 1. The Bertz CT molecular complexity index is 1300. The quantitative estimate of drug-likeness (QED) is 0.451. The van der Waals surface area contributed by atoms with Gasteiger partial charge in [0.2, 0.25) is 11.7 Å². The van der Waals surface area contributed by atoms with Crippen molar-refractivity contribution < 1.29 is 9.59 Å². The highest BCUT2D eigenvalue weighted by molar-refractivity contribution is 6.07. The molecule has 0 aliphatic heterocycles. The molecule has 0 saturated heterocycles. The highest BCUT2D eigenvalue weighted by Crippen LogP contribution is 2.14. The molecular formula is C23H21N5O3. The maximum atomic E-state index is 12.4. The smallest absolute Gasteiger partial charge is 0.258 e. The van der Waals surface area contributed by atoms with Crippen LogP contribution in [0.5, 0.6) is 0 Å². The van der Waals surface area contributed by atoms with E-state index < -0.39 is 0 Å². The number of nitrogens with one attached hydrogen (secondary N) is 2. The number of H-pyrrole nitrogens is 1. The predicted molar refractivity (Wildman–Crippen MR) is 117 cm³/mol. The van der Waals surface area contributed by atoms with E-state index in [1.807, 2.05) is 6.07 Å². The molecular weight excluding hydrogens is 394 g/mol. The molecule has 0 bridgehead atoms. The molecule has 4 aromatic rings. The monoisotopic (exact) mass is 415 g/mol. The number of aryl methyl sites for hydroxylation is 2. The molecule has 2 aromatic carbocycles. The van der Waals surface area contributed by atoms with E-state index in [0.717, 1.165) is 0 Å². The molecule has 2 heterocycles. The van der Waals surface area contributed by atoms with Crippen LogP contribution in [-0.4, -0.2) is 31.2 Å². The molecule has 1 amide bonds. The molecule has 8 heteroatoms. The highest BCUT2D eigenvalue weighted by atomic mass is 16.1. The number of imidazole rings is 1. The summed E-state index contributed by atoms with van der Waals surface area (Å²) in [5.41, 5.74) is 1.58. The second kappa shape index (κ2) is 8.74. The zero-order valence-electron chi connectivity index (χ0n) is 17.0. The van der Waals surface area contributed by atoms with Gasteiger partial charge in [0.15, 0.2) is 5.82 Å². The third kappa shape index (κ3) is 4.58. The summed E-state index contributed by atoms with van der Waals surface area (Å²) < 4.78 is 1.66. The Morgan fingerprint density at radius 3 is 2.61 bits per heavy atom. The minimum Gasteiger partial charge on any atom is -0.331 e. The van der Waals surface area contributed by atoms with Crippen molar-refractivity contribution in [2.24, 2.45) is 7.05 Å². The number of hydrogen-bond acceptors (Lipinski definition) is 5. The Labute approximate surface area is 178 Å². The van der Waals surface area contributed by atoms with Crippen molar-refractivity contribution >= 4 is 28.3 Å². The average molecular weight is 415 g/mol. The molecule has 0 atom stereocenters. The maximum absolute atomic E-state index is 12.4. The lowest BCUT2D eigenvalue weighted by Gasteiger charge is -2.07. The fourth-order valence-electron chi connectivity index (χ4n) is 3.31. The molecule has 0 aliphatic rings. The molecule has 8 nitrogen and oxygen atoms in total. The first kappa shape index (κ1) is 20.2. The molecule has 2 aromatic heterocycles. The van der Waals surface area contributed by atoms with E-state index in [4.69, 9.17) is 0 Å². The van der Waals surface area contributed by atoms with Crippen molar-refractivity contribution in [1.29, 1.82) is 0 Å². The number of carbonyl (C=O) groups is 2. The van der Waals surface area contributed by atoms with Crippen LogP contribution in [0.25, 0.3) is 10.9 Å². The second-order valence-electron chi connectivity index (χ2n) is 7.20. The van der Waals surface area contributed by atoms with Crippen LogP contribution in [0.4, 0.5) is 5.69 Å². The average Bonchev–Trinajstić information content (AvgIpc) is 3.20. The summed E-state index contributed by atoms with van der Waals surface area (Å²) in [6.45, 7) is 0. The van der Waals surface area contributed by atoms with Gasteiger partial charge in [-0.25, -0.2) is 9.97 Å². The zero-order valence-corrected chi connectivity index (χ0v) is 17.0. The Morgan fingerprint density at radius 2 is 1.87 bits per heavy atom. The summed E-state index contributed by atoms with van der Waals surface area (Å²) >= 11 is 0. The molecule has 31 heavy (non-hydrogen) atoms. The van der Waals surface area contributed by atoms with E-state index in [9.17, 15) is 14.4 Å². The number of ketones is 1. The lowest BCUT2D eigenvalue weighted by Crippen LogP contribution is -2.14. The number of hydrogen-bond donors (Lipinski definition) is 2. The summed E-state index contributed by atoms with van der Waals surface area (Å²) in [5, 5.41) is 3.37. The van der Waals surface area contributed by atoms with E-state index in [1.54, 1.807) is 66.5 Å². The number of aromatic nitrogens is 4. The van der Waals surface area contributed by atoms with Gasteiger partial charge in [0.25, 0.3) is 5.56 Å². The van der Waals surface area contributed by atoms with Crippen LogP contribution in [0.3, 0.4) is 0 Å². The molecule has 0 spiro atoms.